The Kier molecular flexibility index (Phi) is 17.3. The summed E-state index contributed by atoms with van der Waals surface area (Å²) in [5.41, 5.74) is 1.64. The van der Waals surface area contributed by atoms with Gasteiger partial charge >= 0.3 is 0 Å². The van der Waals surface area contributed by atoms with E-state index in [-0.39, 0.29) is 78.3 Å². The molecule has 0 saturated heterocycles. The summed E-state index contributed by atoms with van der Waals surface area (Å²) >= 11 is 0. The first kappa shape index (κ1) is 51.3. The summed E-state index contributed by atoms with van der Waals surface area (Å²) < 4.78 is 107. The van der Waals surface area contributed by atoms with E-state index >= 15 is 0 Å². The molecular formula is C41H50F2N12O10S2. The lowest BCUT2D eigenvalue weighted by molar-refractivity contribution is 0.280. The van der Waals surface area contributed by atoms with E-state index in [1.165, 1.54) is 19.1 Å². The highest BCUT2D eigenvalue weighted by Gasteiger charge is 2.22. The largest absolute Gasteiger partial charge is 0.494 e. The second-order valence-electron chi connectivity index (χ2n) is 14.0. The molecule has 5 aromatic rings. The molecule has 6 N–H and O–H groups in total. The smallest absolute Gasteiger partial charge is 0.297 e. The van der Waals surface area contributed by atoms with Crippen LogP contribution in [-0.2, 0) is 20.2 Å². The van der Waals surface area contributed by atoms with Crippen molar-refractivity contribution in [3.05, 3.63) is 72.3 Å². The lowest BCUT2D eigenvalue weighted by atomic mass is 10.2. The van der Waals surface area contributed by atoms with Crippen LogP contribution in [0.4, 0.5) is 72.1 Å². The van der Waals surface area contributed by atoms with Crippen LogP contribution in [0.1, 0.15) is 27.7 Å². The van der Waals surface area contributed by atoms with E-state index < -0.39 is 41.7 Å². The van der Waals surface area contributed by atoms with E-state index in [1.807, 2.05) is 37.5 Å². The molecule has 0 bridgehead atoms. The molecule has 1 heterocycles. The Bertz CT molecular complexity index is 2650. The van der Waals surface area contributed by atoms with Gasteiger partial charge in [0.05, 0.1) is 61.6 Å². The molecule has 0 spiro atoms. The third-order valence-electron chi connectivity index (χ3n) is 9.87. The predicted molar refractivity (Wildman–Crippen MR) is 247 cm³/mol. The average molecular weight is 973 g/mol. The number of ether oxygens (including phenoxy) is 2. The number of rotatable bonds is 23. The minimum atomic E-state index is -4.94. The van der Waals surface area contributed by atoms with Gasteiger partial charge in [0.15, 0.2) is 0 Å². The van der Waals surface area contributed by atoms with Crippen LogP contribution in [0.2, 0.25) is 0 Å². The quantitative estimate of drug-likeness (QED) is 0.0273. The van der Waals surface area contributed by atoms with Crippen molar-refractivity contribution in [2.75, 3.05) is 92.0 Å². The van der Waals surface area contributed by atoms with Crippen LogP contribution >= 0.6 is 0 Å². The minimum absolute atomic E-state index is 0.0158. The van der Waals surface area contributed by atoms with Crippen molar-refractivity contribution in [1.82, 2.24) is 15.0 Å². The van der Waals surface area contributed by atoms with Crippen molar-refractivity contribution in [2.45, 2.75) is 37.5 Å². The van der Waals surface area contributed by atoms with E-state index in [2.05, 4.69) is 46.0 Å². The van der Waals surface area contributed by atoms with Gasteiger partial charge in [-0.1, -0.05) is 0 Å². The monoisotopic (exact) mass is 972 g/mol. The average Bonchev–Trinajstić information content (AvgIpc) is 3.29. The number of aromatic nitrogens is 3. The summed E-state index contributed by atoms with van der Waals surface area (Å²) in [4.78, 5) is 17.3. The molecule has 67 heavy (non-hydrogen) atoms. The summed E-state index contributed by atoms with van der Waals surface area (Å²) in [6.07, 6.45) is 0. The fourth-order valence-corrected chi connectivity index (χ4v) is 7.74. The van der Waals surface area contributed by atoms with E-state index in [4.69, 9.17) is 9.47 Å². The molecule has 0 aliphatic heterocycles. The number of aliphatic hydroxyl groups excluding tert-OH is 2. The zero-order valence-electron chi connectivity index (χ0n) is 37.2. The lowest BCUT2D eigenvalue weighted by Crippen LogP contribution is -2.31. The van der Waals surface area contributed by atoms with E-state index in [1.54, 1.807) is 24.3 Å². The molecule has 0 atom stereocenters. The van der Waals surface area contributed by atoms with Gasteiger partial charge < -0.3 is 45.0 Å². The van der Waals surface area contributed by atoms with Crippen LogP contribution in [0.3, 0.4) is 0 Å². The number of hydrogen-bond donors (Lipinski definition) is 6. The third kappa shape index (κ3) is 12.8. The Morgan fingerprint density at radius 1 is 0.582 bits per heavy atom. The number of methoxy groups -OCH3 is 2. The molecule has 0 saturated carbocycles. The normalized spacial score (nSPS) is 11.9. The Balaban J connectivity index is 1.72. The van der Waals surface area contributed by atoms with Crippen LogP contribution in [0.5, 0.6) is 11.5 Å². The third-order valence-corrected chi connectivity index (χ3v) is 11.6. The van der Waals surface area contributed by atoms with Gasteiger partial charge in [0.25, 0.3) is 20.2 Å². The fourth-order valence-electron chi connectivity index (χ4n) is 6.57. The number of benzene rings is 4. The van der Waals surface area contributed by atoms with Crippen LogP contribution in [0.25, 0.3) is 0 Å². The zero-order valence-corrected chi connectivity index (χ0v) is 38.8. The molecule has 0 fully saturated rings. The molecule has 0 aliphatic rings. The van der Waals surface area contributed by atoms with Gasteiger partial charge in [-0.25, -0.2) is 8.78 Å². The van der Waals surface area contributed by atoms with E-state index in [0.29, 0.717) is 49.1 Å². The second-order valence-corrected chi connectivity index (χ2v) is 16.8. The summed E-state index contributed by atoms with van der Waals surface area (Å²) in [7, 11) is -6.98. The van der Waals surface area contributed by atoms with Gasteiger partial charge in [0, 0.05) is 51.4 Å². The zero-order chi connectivity index (χ0) is 49.1. The fraction of sp³-hybridized carbons (Fsp3) is 0.341. The number of azo groups is 2. The maximum Gasteiger partial charge on any atom is 0.297 e. The highest BCUT2D eigenvalue weighted by molar-refractivity contribution is 7.86. The molecule has 26 heteroatoms. The second kappa shape index (κ2) is 22.7. The Morgan fingerprint density at radius 2 is 0.970 bits per heavy atom. The minimum Gasteiger partial charge on any atom is -0.494 e. The number of aliphatic hydroxyl groups is 2. The maximum atomic E-state index is 14.3. The number of nitrogens with one attached hydrogen (secondary N) is 2. The molecule has 4 aromatic carbocycles. The highest BCUT2D eigenvalue weighted by atomic mass is 32.2. The first-order chi connectivity index (χ1) is 31.9. The Labute approximate surface area is 385 Å². The molecular weight excluding hydrogens is 923 g/mol. The molecule has 0 amide bonds. The van der Waals surface area contributed by atoms with Crippen molar-refractivity contribution in [2.24, 2.45) is 20.5 Å². The standard InChI is InChI=1S/C41H50F2N12O10S2/c1-7-53(8-2)33-21-29(31(23-35(33)64-5)51-49-25-11-13-27(42)37(19-25)66(58,59)60)44-39-46-40(48-41(47-39)55(15-17-56)16-18-57)45-30-22-34(54(9-3)10-4)36(65-6)24-32(30)52-50-26-12-14-28(43)38(20-26)67(61,62)63/h11-14,19-24,56-57H,7-10,15-18H2,1-6H3,(H,58,59,60)(H,61,62,63)(H2,44,45,46,47,48)/b51-49+,52-50+. The first-order valence-electron chi connectivity index (χ1n) is 20.5. The molecule has 360 valence electrons. The molecule has 22 nitrogen and oxygen atoms in total. The first-order valence-corrected chi connectivity index (χ1v) is 23.4. The predicted octanol–water partition coefficient (Wildman–Crippen LogP) is 7.46. The van der Waals surface area contributed by atoms with Gasteiger partial charge in [-0.3, -0.25) is 9.11 Å². The maximum absolute atomic E-state index is 14.3. The van der Waals surface area contributed by atoms with Crippen molar-refractivity contribution in [1.29, 1.82) is 0 Å². The van der Waals surface area contributed by atoms with E-state index in [0.717, 1.165) is 36.4 Å². The van der Waals surface area contributed by atoms with Crippen molar-refractivity contribution in [3.63, 3.8) is 0 Å². The number of anilines is 7. The summed E-state index contributed by atoms with van der Waals surface area (Å²) in [5.74, 6) is -1.89. The number of nitrogens with zero attached hydrogens (tertiary/aromatic N) is 10. The summed E-state index contributed by atoms with van der Waals surface area (Å²) in [6.45, 7) is 9.25. The van der Waals surface area contributed by atoms with Gasteiger partial charge in [-0.2, -0.15) is 42.0 Å². The van der Waals surface area contributed by atoms with Crippen LogP contribution in [0.15, 0.2) is 90.9 Å². The Morgan fingerprint density at radius 3 is 1.30 bits per heavy atom. The van der Waals surface area contributed by atoms with Crippen LogP contribution in [-0.4, -0.2) is 118 Å². The molecule has 1 aromatic heterocycles. The molecule has 0 radical (unpaired) electrons. The number of halogens is 2. The summed E-state index contributed by atoms with van der Waals surface area (Å²) in [6, 6.07) is 12.0. The van der Waals surface area contributed by atoms with Crippen molar-refractivity contribution in [3.8, 4) is 11.5 Å². The highest BCUT2D eigenvalue weighted by Crippen LogP contribution is 2.43. The Hall–Kier alpha value is -6.71. The van der Waals surface area contributed by atoms with Crippen molar-refractivity contribution >= 4 is 83.6 Å². The molecule has 5 rings (SSSR count). The van der Waals surface area contributed by atoms with Gasteiger partial charge in [-0.05, 0) is 76.2 Å². The van der Waals surface area contributed by atoms with E-state index in [9.17, 15) is 44.9 Å². The summed E-state index contributed by atoms with van der Waals surface area (Å²) in [5, 5.41) is 43.2. The van der Waals surface area contributed by atoms with Gasteiger partial charge in [-0.15, -0.1) is 10.2 Å². The molecule has 0 unspecified atom stereocenters. The number of hydrogen-bond acceptors (Lipinski definition) is 20. The lowest BCUT2D eigenvalue weighted by Gasteiger charge is -2.25. The van der Waals surface area contributed by atoms with Gasteiger partial charge in [0.2, 0.25) is 17.8 Å². The topological polar surface area (TPSA) is 290 Å². The molecule has 0 aliphatic carbocycles. The van der Waals surface area contributed by atoms with Gasteiger partial charge in [0.1, 0.15) is 44.3 Å². The van der Waals surface area contributed by atoms with Crippen molar-refractivity contribution < 1.29 is 54.4 Å². The van der Waals surface area contributed by atoms with Crippen LogP contribution < -0.4 is 34.8 Å². The van der Waals surface area contributed by atoms with Crippen LogP contribution in [0, 0.1) is 11.6 Å². The SMILES string of the molecule is CCN(CC)c1cc(Nc2nc(Nc3cc(N(CC)CC)c(OC)cc3/N=N/c3ccc(F)c(S(=O)(=O)O)c3)nc(N(CCO)CCO)n2)c(/N=N/c2ccc(F)c(S(=O)(=O)O)c2)cc1OC.